The Morgan fingerprint density at radius 1 is 1.47 bits per heavy atom. The van der Waals surface area contributed by atoms with Crippen molar-refractivity contribution < 1.29 is 0 Å². The van der Waals surface area contributed by atoms with E-state index in [0.717, 1.165) is 44.0 Å². The number of aromatic nitrogens is 2. The number of hydrogen-bond acceptors (Lipinski definition) is 4. The minimum Gasteiger partial charge on any atom is -0.356 e. The Balaban J connectivity index is 2.07. The van der Waals surface area contributed by atoms with Crippen molar-refractivity contribution in [3.05, 3.63) is 18.1 Å². The molecule has 0 spiro atoms. The van der Waals surface area contributed by atoms with Gasteiger partial charge in [0.05, 0.1) is 0 Å². The molecule has 2 heterocycles. The number of anilines is 1. The third-order valence-corrected chi connectivity index (χ3v) is 3.39. The van der Waals surface area contributed by atoms with Gasteiger partial charge in [-0.25, -0.2) is 9.97 Å². The van der Waals surface area contributed by atoms with Gasteiger partial charge in [-0.3, -0.25) is 0 Å². The largest absolute Gasteiger partial charge is 0.356 e. The van der Waals surface area contributed by atoms with E-state index in [1.54, 1.807) is 6.33 Å². The van der Waals surface area contributed by atoms with E-state index < -0.39 is 0 Å². The predicted molar refractivity (Wildman–Crippen MR) is 70.0 cm³/mol. The number of nitrogens with two attached hydrogens (primary N) is 1. The van der Waals surface area contributed by atoms with E-state index in [4.69, 9.17) is 5.73 Å². The lowest BCUT2D eigenvalue weighted by molar-refractivity contribution is 0.421. The Labute approximate surface area is 103 Å². The van der Waals surface area contributed by atoms with Crippen molar-refractivity contribution in [2.24, 2.45) is 11.7 Å². The summed E-state index contributed by atoms with van der Waals surface area (Å²) >= 11 is 0. The number of piperidine rings is 1. The van der Waals surface area contributed by atoms with Crippen LogP contribution in [0.4, 0.5) is 5.82 Å². The van der Waals surface area contributed by atoms with Crippen LogP contribution < -0.4 is 10.6 Å². The quantitative estimate of drug-likeness (QED) is 0.860. The second-order valence-electron chi connectivity index (χ2n) is 4.81. The monoisotopic (exact) mass is 234 g/mol. The molecule has 1 fully saturated rings. The normalized spacial score (nSPS) is 20.6. The van der Waals surface area contributed by atoms with Crippen molar-refractivity contribution >= 4 is 5.82 Å². The molecule has 0 aromatic carbocycles. The van der Waals surface area contributed by atoms with Gasteiger partial charge in [-0.15, -0.1) is 0 Å². The van der Waals surface area contributed by atoms with Gasteiger partial charge >= 0.3 is 0 Å². The molecule has 0 saturated carbocycles. The van der Waals surface area contributed by atoms with E-state index in [0.29, 0.717) is 5.92 Å². The van der Waals surface area contributed by atoms with Crippen molar-refractivity contribution in [3.63, 3.8) is 0 Å². The second kappa shape index (κ2) is 5.96. The summed E-state index contributed by atoms with van der Waals surface area (Å²) in [6, 6.07) is 2.13. The third-order valence-electron chi connectivity index (χ3n) is 3.39. The van der Waals surface area contributed by atoms with Gasteiger partial charge in [0.15, 0.2) is 0 Å². The van der Waals surface area contributed by atoms with Crippen molar-refractivity contribution in [3.8, 4) is 0 Å². The molecule has 1 aromatic rings. The Morgan fingerprint density at radius 2 is 2.35 bits per heavy atom. The molecule has 94 valence electrons. The number of hydrogen-bond donors (Lipinski definition) is 1. The van der Waals surface area contributed by atoms with Gasteiger partial charge in [0.25, 0.3) is 0 Å². The van der Waals surface area contributed by atoms with Crippen LogP contribution in [0.25, 0.3) is 0 Å². The van der Waals surface area contributed by atoms with Crippen LogP contribution in [0, 0.1) is 5.92 Å². The summed E-state index contributed by atoms with van der Waals surface area (Å²) < 4.78 is 0. The van der Waals surface area contributed by atoms with Crippen LogP contribution in [-0.2, 0) is 6.42 Å². The summed E-state index contributed by atoms with van der Waals surface area (Å²) in [4.78, 5) is 11.0. The number of nitrogens with zero attached hydrogens (tertiary/aromatic N) is 3. The van der Waals surface area contributed by atoms with Crippen molar-refractivity contribution in [2.75, 3.05) is 24.5 Å². The molecule has 2 rings (SSSR count). The summed E-state index contributed by atoms with van der Waals surface area (Å²) in [5.74, 6) is 1.69. The maximum atomic E-state index is 5.76. The Bertz CT molecular complexity index is 353. The van der Waals surface area contributed by atoms with Gasteiger partial charge in [0, 0.05) is 24.8 Å². The zero-order chi connectivity index (χ0) is 12.1. The number of aryl methyl sites for hydroxylation is 1. The van der Waals surface area contributed by atoms with Crippen molar-refractivity contribution in [1.82, 2.24) is 9.97 Å². The maximum absolute atomic E-state index is 5.76. The van der Waals surface area contributed by atoms with Gasteiger partial charge in [-0.2, -0.15) is 0 Å². The molecule has 0 radical (unpaired) electrons. The zero-order valence-electron chi connectivity index (χ0n) is 10.6. The van der Waals surface area contributed by atoms with Crippen LogP contribution >= 0.6 is 0 Å². The fourth-order valence-corrected chi connectivity index (χ4v) is 2.42. The lowest BCUT2D eigenvalue weighted by Crippen LogP contribution is -2.38. The molecule has 1 saturated heterocycles. The van der Waals surface area contributed by atoms with E-state index in [1.807, 2.05) is 0 Å². The van der Waals surface area contributed by atoms with Crippen molar-refractivity contribution in [1.29, 1.82) is 0 Å². The van der Waals surface area contributed by atoms with Gasteiger partial charge in [0.1, 0.15) is 12.1 Å². The van der Waals surface area contributed by atoms with Crippen LogP contribution in [0.5, 0.6) is 0 Å². The van der Waals surface area contributed by atoms with E-state index in [1.165, 1.54) is 12.8 Å². The maximum Gasteiger partial charge on any atom is 0.132 e. The topological polar surface area (TPSA) is 55.0 Å². The Kier molecular flexibility index (Phi) is 4.31. The van der Waals surface area contributed by atoms with Crippen molar-refractivity contribution in [2.45, 2.75) is 32.6 Å². The standard InChI is InChI=1S/C13H22N4/c1-2-4-12-7-13(16-10-15-12)17-6-3-5-11(8-14)9-17/h7,10-11H,2-6,8-9,14H2,1H3. The molecule has 1 atom stereocenters. The fraction of sp³-hybridized carbons (Fsp3) is 0.692. The highest BCUT2D eigenvalue weighted by Crippen LogP contribution is 2.21. The highest BCUT2D eigenvalue weighted by molar-refractivity contribution is 5.39. The molecule has 1 aliphatic rings. The second-order valence-corrected chi connectivity index (χ2v) is 4.81. The summed E-state index contributed by atoms with van der Waals surface area (Å²) in [7, 11) is 0. The van der Waals surface area contributed by atoms with Gasteiger partial charge in [-0.1, -0.05) is 13.3 Å². The molecule has 4 nitrogen and oxygen atoms in total. The molecule has 1 aliphatic heterocycles. The van der Waals surface area contributed by atoms with E-state index in [2.05, 4.69) is 27.9 Å². The lowest BCUT2D eigenvalue weighted by atomic mass is 9.98. The van der Waals surface area contributed by atoms with Gasteiger partial charge in [-0.05, 0) is 31.7 Å². The average molecular weight is 234 g/mol. The molecule has 17 heavy (non-hydrogen) atoms. The van der Waals surface area contributed by atoms with Gasteiger partial charge in [0.2, 0.25) is 0 Å². The lowest BCUT2D eigenvalue weighted by Gasteiger charge is -2.33. The van der Waals surface area contributed by atoms with Crippen LogP contribution in [0.2, 0.25) is 0 Å². The average Bonchev–Trinajstić information content (AvgIpc) is 2.40. The Morgan fingerprint density at radius 3 is 3.12 bits per heavy atom. The molecule has 1 aromatic heterocycles. The molecule has 0 amide bonds. The van der Waals surface area contributed by atoms with Gasteiger partial charge < -0.3 is 10.6 Å². The predicted octanol–water partition coefficient (Wildman–Crippen LogP) is 1.60. The molecule has 1 unspecified atom stereocenters. The first-order valence-corrected chi connectivity index (χ1v) is 6.59. The van der Waals surface area contributed by atoms with Crippen LogP contribution in [-0.4, -0.2) is 29.6 Å². The first-order chi connectivity index (χ1) is 8.33. The molecular weight excluding hydrogens is 212 g/mol. The highest BCUT2D eigenvalue weighted by atomic mass is 15.2. The molecular formula is C13H22N4. The first-order valence-electron chi connectivity index (χ1n) is 6.59. The highest BCUT2D eigenvalue weighted by Gasteiger charge is 2.19. The summed E-state index contributed by atoms with van der Waals surface area (Å²) in [6.45, 7) is 5.09. The summed E-state index contributed by atoms with van der Waals surface area (Å²) in [6.07, 6.45) is 6.31. The third kappa shape index (κ3) is 3.16. The van der Waals surface area contributed by atoms with Crippen LogP contribution in [0.1, 0.15) is 31.9 Å². The summed E-state index contributed by atoms with van der Waals surface area (Å²) in [5, 5.41) is 0. The molecule has 0 bridgehead atoms. The summed E-state index contributed by atoms with van der Waals surface area (Å²) in [5.41, 5.74) is 6.91. The molecule has 0 aliphatic carbocycles. The van der Waals surface area contributed by atoms with Crippen LogP contribution in [0.15, 0.2) is 12.4 Å². The Hall–Kier alpha value is -1.16. The minimum atomic E-state index is 0.619. The van der Waals surface area contributed by atoms with E-state index in [9.17, 15) is 0 Å². The first kappa shape index (κ1) is 12.3. The smallest absolute Gasteiger partial charge is 0.132 e. The minimum absolute atomic E-state index is 0.619. The molecule has 2 N–H and O–H groups in total. The molecule has 4 heteroatoms. The van der Waals surface area contributed by atoms with E-state index in [-0.39, 0.29) is 0 Å². The van der Waals surface area contributed by atoms with Crippen LogP contribution in [0.3, 0.4) is 0 Å². The SMILES string of the molecule is CCCc1cc(N2CCCC(CN)C2)ncn1. The zero-order valence-corrected chi connectivity index (χ0v) is 10.6. The number of rotatable bonds is 4. The fourth-order valence-electron chi connectivity index (χ4n) is 2.42. The van der Waals surface area contributed by atoms with E-state index >= 15 is 0 Å².